The van der Waals surface area contributed by atoms with Crippen molar-refractivity contribution in [1.82, 2.24) is 0 Å². The van der Waals surface area contributed by atoms with Crippen molar-refractivity contribution in [3.8, 4) is 6.57 Å². The smallest absolute Gasteiger partial charge is 0.336 e. The third kappa shape index (κ3) is 4.27. The second kappa shape index (κ2) is 7.56. The number of aromatic carboxylic acids is 2. The molecule has 5 nitrogen and oxygen atoms in total. The summed E-state index contributed by atoms with van der Waals surface area (Å²) in [6.45, 7) is 3.50. The van der Waals surface area contributed by atoms with Crippen LogP contribution in [-0.4, -0.2) is 22.2 Å². The molecule has 1 aromatic carbocycles. The molecule has 1 rings (SSSR count). The van der Waals surface area contributed by atoms with E-state index in [0.29, 0.717) is 0 Å². The van der Waals surface area contributed by atoms with Gasteiger partial charge in [0.25, 0.3) is 0 Å². The quantitative estimate of drug-likeness (QED) is 0.775. The number of carbonyl (C=O) groups is 2. The average molecular weight is 257 g/mol. The second-order valence-corrected chi connectivity index (χ2v) is 2.16. The Balaban J connectivity index is 0. The van der Waals surface area contributed by atoms with Crippen LogP contribution < -0.4 is 0 Å². The second-order valence-electron chi connectivity index (χ2n) is 2.16. The van der Waals surface area contributed by atoms with Gasteiger partial charge in [0.05, 0.1) is 11.1 Å². The molecule has 0 saturated carbocycles. The minimum atomic E-state index is -1.23. The summed E-state index contributed by atoms with van der Waals surface area (Å²) in [5.74, 6) is -2.46. The van der Waals surface area contributed by atoms with Crippen LogP contribution in [0.3, 0.4) is 0 Å². The van der Waals surface area contributed by atoms with Crippen molar-refractivity contribution in [2.45, 2.75) is 0 Å². The fourth-order valence-corrected chi connectivity index (χ4v) is 0.856. The van der Waals surface area contributed by atoms with Gasteiger partial charge in [-0.25, -0.2) is 14.9 Å². The van der Waals surface area contributed by atoms with Gasteiger partial charge in [-0.3, -0.25) is 0 Å². The summed E-state index contributed by atoms with van der Waals surface area (Å²) in [4.78, 5) is 20.9. The number of hydrogen-bond acceptors (Lipinski definition) is 3. The molecule has 2 N–H and O–H groups in total. The maximum absolute atomic E-state index is 10.5. The van der Waals surface area contributed by atoms with Crippen molar-refractivity contribution in [2.75, 3.05) is 0 Å². The Morgan fingerprint density at radius 1 is 1.00 bits per heavy atom. The van der Waals surface area contributed by atoms with E-state index in [2.05, 4.69) is 6.57 Å². The molecule has 1 radical (unpaired) electrons. The number of carboxylic acids is 2. The Labute approximate surface area is 96.4 Å². The summed E-state index contributed by atoms with van der Waals surface area (Å²) in [6.07, 6.45) is 0. The van der Waals surface area contributed by atoms with Gasteiger partial charge in [-0.05, 0) is 12.1 Å². The molecule has 0 aliphatic rings. The van der Waals surface area contributed by atoms with Gasteiger partial charge in [0.2, 0.25) is 0 Å². The van der Waals surface area contributed by atoms with Crippen molar-refractivity contribution >= 4 is 11.9 Å². The van der Waals surface area contributed by atoms with Crippen molar-refractivity contribution in [3.05, 3.63) is 35.4 Å². The van der Waals surface area contributed by atoms with Crippen LogP contribution in [0.4, 0.5) is 0 Å². The summed E-state index contributed by atoms with van der Waals surface area (Å²) in [5.41, 5.74) is -0.380. The molecule has 0 saturated heterocycles. The molecule has 83 valence electrons. The molecular weight excluding hydrogens is 250 g/mol. The first-order valence-corrected chi connectivity index (χ1v) is 3.44. The van der Waals surface area contributed by atoms with Gasteiger partial charge in [0.1, 0.15) is 0 Å². The zero-order chi connectivity index (χ0) is 11.1. The summed E-state index contributed by atoms with van der Waals surface area (Å²) in [6, 6.07) is 5.48. The minimum absolute atomic E-state index is 0. The van der Waals surface area contributed by atoms with Crippen LogP contribution in [0, 0.1) is 11.8 Å². The van der Waals surface area contributed by atoms with Crippen molar-refractivity contribution in [3.63, 3.8) is 0 Å². The van der Waals surface area contributed by atoms with Gasteiger partial charge in [-0.2, -0.15) is 0 Å². The van der Waals surface area contributed by atoms with Gasteiger partial charge in [-0.15, -0.1) is 0 Å². The summed E-state index contributed by atoms with van der Waals surface area (Å²) in [7, 11) is 0. The van der Waals surface area contributed by atoms with E-state index in [1.165, 1.54) is 24.3 Å². The zero-order valence-corrected chi connectivity index (χ0v) is 8.29. The Morgan fingerprint density at radius 3 is 1.47 bits per heavy atom. The monoisotopic (exact) mass is 256 g/mol. The topological polar surface area (TPSA) is 98.4 Å². The van der Waals surface area contributed by atoms with Crippen molar-refractivity contribution in [2.24, 2.45) is 0 Å². The van der Waals surface area contributed by atoms with E-state index < -0.39 is 11.9 Å². The van der Waals surface area contributed by atoms with E-state index >= 15 is 0 Å². The number of nitrogens with zero attached hydrogens (tertiary/aromatic N) is 1. The largest absolute Gasteiger partial charge is 0.478 e. The molecule has 0 aromatic heterocycles. The first kappa shape index (κ1) is 15.6. The maximum atomic E-state index is 10.5. The molecule has 1 aromatic rings. The molecule has 0 bridgehead atoms. The normalized spacial score (nSPS) is 7.60. The van der Waals surface area contributed by atoms with E-state index in [-0.39, 0.29) is 28.2 Å². The molecule has 0 amide bonds. The maximum Gasteiger partial charge on any atom is 0.336 e. The summed E-state index contributed by atoms with van der Waals surface area (Å²) in [5, 5.41) is 23.6. The number of benzene rings is 1. The average Bonchev–Trinajstić information content (AvgIpc) is 2.20. The van der Waals surface area contributed by atoms with Gasteiger partial charge in [-0.1, -0.05) is 12.1 Å². The number of rotatable bonds is 2. The van der Waals surface area contributed by atoms with Crippen LogP contribution in [0.5, 0.6) is 0 Å². The molecule has 6 heteroatoms. The molecular formula is C9H7CuNO4. The van der Waals surface area contributed by atoms with Crippen LogP contribution in [0.2, 0.25) is 0 Å². The third-order valence-electron chi connectivity index (χ3n) is 1.39. The Hall–Kier alpha value is -1.83. The third-order valence-corrected chi connectivity index (χ3v) is 1.39. The molecule has 0 spiro atoms. The first-order chi connectivity index (χ1) is 6.63. The first-order valence-electron chi connectivity index (χ1n) is 3.44. The van der Waals surface area contributed by atoms with E-state index in [9.17, 15) is 9.59 Å². The molecule has 0 heterocycles. The Kier molecular flexibility index (Phi) is 7.88. The number of nitriles is 1. The van der Waals surface area contributed by atoms with E-state index in [4.69, 9.17) is 15.5 Å². The fraction of sp³-hybridized carbons (Fsp3) is 0. The molecule has 0 aliphatic heterocycles. The summed E-state index contributed by atoms with van der Waals surface area (Å²) < 4.78 is 0. The van der Waals surface area contributed by atoms with E-state index in [1.807, 2.05) is 0 Å². The summed E-state index contributed by atoms with van der Waals surface area (Å²) >= 11 is 0. The zero-order valence-electron chi connectivity index (χ0n) is 7.35. The molecule has 0 unspecified atom stereocenters. The Morgan fingerprint density at radius 2 is 1.27 bits per heavy atom. The number of hydrogen-bond donors (Lipinski definition) is 2. The van der Waals surface area contributed by atoms with Crippen LogP contribution in [0.1, 0.15) is 20.7 Å². The predicted octanol–water partition coefficient (Wildman–Crippen LogP) is 1.22. The van der Waals surface area contributed by atoms with Crippen LogP contribution >= 0.6 is 0 Å². The van der Waals surface area contributed by atoms with Gasteiger partial charge in [0.15, 0.2) is 0 Å². The van der Waals surface area contributed by atoms with Crippen LogP contribution in [0.15, 0.2) is 24.3 Å². The van der Waals surface area contributed by atoms with E-state index in [0.717, 1.165) is 0 Å². The Bertz CT molecular complexity index is 342. The van der Waals surface area contributed by atoms with Crippen LogP contribution in [0.25, 0.3) is 0 Å². The van der Waals surface area contributed by atoms with Gasteiger partial charge < -0.3 is 10.2 Å². The predicted molar refractivity (Wildman–Crippen MR) is 47.0 cm³/mol. The SMILES string of the molecule is C#N.O=C(O)c1ccccc1C(=O)O.[Cu]. The molecule has 0 atom stereocenters. The molecule has 0 aliphatic carbocycles. The van der Waals surface area contributed by atoms with Gasteiger partial charge in [0, 0.05) is 23.6 Å². The van der Waals surface area contributed by atoms with E-state index in [1.54, 1.807) is 0 Å². The van der Waals surface area contributed by atoms with Crippen LogP contribution in [-0.2, 0) is 17.1 Å². The fourth-order valence-electron chi connectivity index (χ4n) is 0.856. The van der Waals surface area contributed by atoms with Crippen molar-refractivity contribution in [1.29, 1.82) is 5.26 Å². The minimum Gasteiger partial charge on any atom is -0.478 e. The molecule has 15 heavy (non-hydrogen) atoms. The van der Waals surface area contributed by atoms with Crippen molar-refractivity contribution < 1.29 is 36.9 Å². The molecule has 0 fully saturated rings. The standard InChI is InChI=1S/C8H6O4.CHN.Cu/c9-7(10)5-3-1-2-4-6(5)8(11)12;1-2;/h1-4H,(H,9,10)(H,11,12);1H;. The van der Waals surface area contributed by atoms with Gasteiger partial charge >= 0.3 is 11.9 Å². The number of carboxylic acid groups (broad SMARTS) is 2.